The highest BCUT2D eigenvalue weighted by atomic mass is 19.1. The quantitative estimate of drug-likeness (QED) is 0.458. The molecule has 1 aliphatic rings. The van der Waals surface area contributed by atoms with E-state index in [9.17, 15) is 14.4 Å². The summed E-state index contributed by atoms with van der Waals surface area (Å²) in [6.07, 6.45) is 1.87. The lowest BCUT2D eigenvalue weighted by molar-refractivity contribution is 0.120. The Kier molecular flexibility index (Phi) is 6.86. The topological polar surface area (TPSA) is 83.8 Å². The van der Waals surface area contributed by atoms with E-state index in [2.05, 4.69) is 29.5 Å². The van der Waals surface area contributed by atoms with Crippen molar-refractivity contribution >= 4 is 23.4 Å². The first kappa shape index (κ1) is 21.1. The second-order valence-electron chi connectivity index (χ2n) is 7.42. The van der Waals surface area contributed by atoms with E-state index < -0.39 is 5.82 Å². The van der Waals surface area contributed by atoms with Crippen molar-refractivity contribution in [2.24, 2.45) is 10.9 Å². The van der Waals surface area contributed by atoms with Crippen molar-refractivity contribution in [1.29, 1.82) is 5.26 Å². The molecule has 3 rings (SSSR count). The highest BCUT2D eigenvalue weighted by molar-refractivity contribution is 5.95. The standard InChI is InChI=1S/C22H25FN6O/c1-16(2)20-14-28(22(30)27-19-10-6-7-17(23)13-19)11-12-29(20)21(25-15-24)26-18-8-4-3-5-9-18/h3-10,13,16,20H,11-12,14H2,1-2H3,(H,25,26)(H,27,30). The molecule has 1 heterocycles. The summed E-state index contributed by atoms with van der Waals surface area (Å²) in [7, 11) is 0. The number of aliphatic imine (C=N–C) groups is 1. The molecule has 0 bridgehead atoms. The molecule has 0 aliphatic carbocycles. The fourth-order valence-corrected chi connectivity index (χ4v) is 3.46. The van der Waals surface area contributed by atoms with Gasteiger partial charge in [-0.2, -0.15) is 5.26 Å². The van der Waals surface area contributed by atoms with E-state index in [1.165, 1.54) is 12.1 Å². The monoisotopic (exact) mass is 408 g/mol. The van der Waals surface area contributed by atoms with Crippen molar-refractivity contribution < 1.29 is 9.18 Å². The van der Waals surface area contributed by atoms with Crippen LogP contribution in [0, 0.1) is 23.2 Å². The molecular formula is C22H25FN6O. The fourth-order valence-electron chi connectivity index (χ4n) is 3.46. The summed E-state index contributed by atoms with van der Waals surface area (Å²) in [5, 5.41) is 15.2. The summed E-state index contributed by atoms with van der Waals surface area (Å²) in [5.41, 5.74) is 1.25. The van der Waals surface area contributed by atoms with Gasteiger partial charge in [0.2, 0.25) is 12.2 Å². The number of nitriles is 1. The number of anilines is 2. The van der Waals surface area contributed by atoms with Gasteiger partial charge in [-0.1, -0.05) is 38.1 Å². The molecule has 0 spiro atoms. The Labute approximate surface area is 175 Å². The van der Waals surface area contributed by atoms with E-state index in [1.54, 1.807) is 17.0 Å². The van der Waals surface area contributed by atoms with E-state index in [-0.39, 0.29) is 18.0 Å². The summed E-state index contributed by atoms with van der Waals surface area (Å²) in [4.78, 5) is 20.5. The normalized spacial score (nSPS) is 16.9. The van der Waals surface area contributed by atoms with E-state index >= 15 is 0 Å². The van der Waals surface area contributed by atoms with Crippen molar-refractivity contribution in [2.45, 2.75) is 19.9 Å². The molecule has 2 aromatic rings. The predicted octanol–water partition coefficient (Wildman–Crippen LogP) is 3.95. The van der Waals surface area contributed by atoms with Crippen LogP contribution in [0.5, 0.6) is 0 Å². The van der Waals surface area contributed by atoms with Crippen LogP contribution in [0.15, 0.2) is 59.6 Å². The first-order valence-corrected chi connectivity index (χ1v) is 9.85. The average molecular weight is 408 g/mol. The van der Waals surface area contributed by atoms with Crippen molar-refractivity contribution in [3.8, 4) is 6.19 Å². The van der Waals surface area contributed by atoms with Gasteiger partial charge in [-0.3, -0.25) is 0 Å². The van der Waals surface area contributed by atoms with Gasteiger partial charge in [-0.15, -0.1) is 4.99 Å². The second-order valence-corrected chi connectivity index (χ2v) is 7.42. The molecule has 1 aliphatic heterocycles. The molecule has 30 heavy (non-hydrogen) atoms. The van der Waals surface area contributed by atoms with Gasteiger partial charge < -0.3 is 20.4 Å². The minimum atomic E-state index is -0.401. The molecule has 0 aromatic heterocycles. The molecular weight excluding hydrogens is 383 g/mol. The number of guanidine groups is 1. The van der Waals surface area contributed by atoms with Gasteiger partial charge in [0, 0.05) is 31.0 Å². The third-order valence-electron chi connectivity index (χ3n) is 5.01. The number of carbonyl (C=O) groups is 1. The molecule has 156 valence electrons. The van der Waals surface area contributed by atoms with Crippen LogP contribution in [0.3, 0.4) is 0 Å². The molecule has 8 heteroatoms. The second kappa shape index (κ2) is 9.74. The highest BCUT2D eigenvalue weighted by Gasteiger charge is 2.33. The largest absolute Gasteiger partial charge is 0.335 e. The summed E-state index contributed by atoms with van der Waals surface area (Å²) in [6, 6.07) is 15.0. The zero-order chi connectivity index (χ0) is 21.5. The fraction of sp³-hybridized carbons (Fsp3) is 0.318. The van der Waals surface area contributed by atoms with Gasteiger partial charge in [0.25, 0.3) is 0 Å². The molecule has 1 unspecified atom stereocenters. The van der Waals surface area contributed by atoms with Crippen molar-refractivity contribution in [3.63, 3.8) is 0 Å². The minimum absolute atomic E-state index is 0.0414. The molecule has 1 fully saturated rings. The lowest BCUT2D eigenvalue weighted by Crippen LogP contribution is -2.60. The predicted molar refractivity (Wildman–Crippen MR) is 115 cm³/mol. The molecule has 2 aromatic carbocycles. The Morgan fingerprint density at radius 2 is 1.87 bits per heavy atom. The third-order valence-corrected chi connectivity index (χ3v) is 5.01. The van der Waals surface area contributed by atoms with E-state index in [0.29, 0.717) is 31.3 Å². The van der Waals surface area contributed by atoms with Crippen molar-refractivity contribution in [1.82, 2.24) is 9.80 Å². The molecule has 1 saturated heterocycles. The Bertz CT molecular complexity index is 940. The van der Waals surface area contributed by atoms with Gasteiger partial charge >= 0.3 is 6.03 Å². The van der Waals surface area contributed by atoms with Gasteiger partial charge in [0.1, 0.15) is 5.82 Å². The number of hydrogen-bond donors (Lipinski definition) is 2. The summed E-state index contributed by atoms with van der Waals surface area (Å²) in [6.45, 7) is 5.56. The van der Waals surface area contributed by atoms with Crippen LogP contribution < -0.4 is 10.6 Å². The smallest absolute Gasteiger partial charge is 0.321 e. The third kappa shape index (κ3) is 5.26. The van der Waals surface area contributed by atoms with Gasteiger partial charge in [-0.05, 0) is 36.2 Å². The van der Waals surface area contributed by atoms with Crippen molar-refractivity contribution in [3.05, 3.63) is 60.4 Å². The number of urea groups is 1. The SMILES string of the molecule is CC(C)C1CN(C(=O)Nc2cccc(F)c2)CCN1/C(=N/C#N)Nc1ccccc1. The Morgan fingerprint density at radius 1 is 1.13 bits per heavy atom. The van der Waals surface area contributed by atoms with Crippen LogP contribution in [-0.4, -0.2) is 47.5 Å². The van der Waals surface area contributed by atoms with E-state index in [4.69, 9.17) is 0 Å². The molecule has 2 amide bonds. The van der Waals surface area contributed by atoms with Crippen LogP contribution >= 0.6 is 0 Å². The minimum Gasteiger partial charge on any atom is -0.335 e. The number of carbonyl (C=O) groups excluding carboxylic acids is 1. The van der Waals surface area contributed by atoms with Crippen LogP contribution in [0.25, 0.3) is 0 Å². The molecule has 0 saturated carbocycles. The molecule has 2 N–H and O–H groups in total. The summed E-state index contributed by atoms with van der Waals surface area (Å²) >= 11 is 0. The van der Waals surface area contributed by atoms with Crippen LogP contribution in [0.4, 0.5) is 20.6 Å². The summed E-state index contributed by atoms with van der Waals surface area (Å²) in [5.74, 6) is 0.269. The lowest BCUT2D eigenvalue weighted by Gasteiger charge is -2.44. The molecule has 0 radical (unpaired) electrons. The zero-order valence-electron chi connectivity index (χ0n) is 17.0. The average Bonchev–Trinajstić information content (AvgIpc) is 2.73. The lowest BCUT2D eigenvalue weighted by atomic mass is 10.00. The first-order chi connectivity index (χ1) is 14.5. The van der Waals surface area contributed by atoms with Crippen LogP contribution in [0.2, 0.25) is 0 Å². The van der Waals surface area contributed by atoms with E-state index in [0.717, 1.165) is 5.69 Å². The van der Waals surface area contributed by atoms with Crippen LogP contribution in [0.1, 0.15) is 13.8 Å². The molecule has 7 nitrogen and oxygen atoms in total. The number of nitrogens with one attached hydrogen (secondary N) is 2. The number of benzene rings is 2. The number of amides is 2. The number of halogens is 1. The Hall–Kier alpha value is -3.60. The van der Waals surface area contributed by atoms with Gasteiger partial charge in [-0.25, -0.2) is 9.18 Å². The molecule has 1 atom stereocenters. The number of nitrogens with zero attached hydrogens (tertiary/aromatic N) is 4. The maximum absolute atomic E-state index is 13.4. The van der Waals surface area contributed by atoms with E-state index in [1.807, 2.05) is 41.4 Å². The van der Waals surface area contributed by atoms with Crippen molar-refractivity contribution in [2.75, 3.05) is 30.3 Å². The Balaban J connectivity index is 1.73. The maximum Gasteiger partial charge on any atom is 0.321 e. The number of piperazine rings is 1. The maximum atomic E-state index is 13.4. The Morgan fingerprint density at radius 3 is 2.53 bits per heavy atom. The first-order valence-electron chi connectivity index (χ1n) is 9.85. The van der Waals surface area contributed by atoms with Gasteiger partial charge in [0.15, 0.2) is 0 Å². The number of para-hydroxylation sites is 1. The number of rotatable bonds is 3. The van der Waals surface area contributed by atoms with Crippen LogP contribution in [-0.2, 0) is 0 Å². The summed E-state index contributed by atoms with van der Waals surface area (Å²) < 4.78 is 13.4. The van der Waals surface area contributed by atoms with Gasteiger partial charge in [0.05, 0.1) is 6.04 Å². The highest BCUT2D eigenvalue weighted by Crippen LogP contribution is 2.20. The zero-order valence-corrected chi connectivity index (χ0v) is 17.0. The number of hydrogen-bond acceptors (Lipinski definition) is 3.